The van der Waals surface area contributed by atoms with Gasteiger partial charge in [0.15, 0.2) is 5.60 Å². The number of hydrogen-bond acceptors (Lipinski definition) is 5. The van der Waals surface area contributed by atoms with Gasteiger partial charge in [-0.25, -0.2) is 22.4 Å². The van der Waals surface area contributed by atoms with E-state index in [1.54, 1.807) is 20.8 Å². The highest BCUT2D eigenvalue weighted by Gasteiger charge is 2.50. The van der Waals surface area contributed by atoms with E-state index < -0.39 is 61.1 Å². The Balaban J connectivity index is 2.54. The van der Waals surface area contributed by atoms with Crippen molar-refractivity contribution in [3.05, 3.63) is 29.6 Å². The summed E-state index contributed by atoms with van der Waals surface area (Å²) in [6.07, 6.45) is -1.07. The number of aliphatic imine (C=N–C) groups is 1. The highest BCUT2D eigenvalue weighted by Crippen LogP contribution is 2.37. The molecule has 10 heteroatoms. The van der Waals surface area contributed by atoms with Gasteiger partial charge in [-0.1, -0.05) is 0 Å². The van der Waals surface area contributed by atoms with Crippen LogP contribution in [0, 0.1) is 5.82 Å². The number of halogens is 4. The first kappa shape index (κ1) is 21.9. The van der Waals surface area contributed by atoms with Crippen LogP contribution in [-0.4, -0.2) is 49.8 Å². The second-order valence-corrected chi connectivity index (χ2v) is 7.54. The molecule has 0 unspecified atom stereocenters. The molecule has 1 aliphatic heterocycles. The number of anilines is 1. The van der Waals surface area contributed by atoms with Gasteiger partial charge in [-0.2, -0.15) is 0 Å². The summed E-state index contributed by atoms with van der Waals surface area (Å²) in [7, 11) is 0. The number of nitrogens with one attached hydrogen (secondary N) is 1. The van der Waals surface area contributed by atoms with E-state index in [4.69, 9.17) is 15.2 Å². The number of hydrogen-bond donors (Lipinski definition) is 2. The Kier molecular flexibility index (Phi) is 6.22. The van der Waals surface area contributed by atoms with Gasteiger partial charge in [0.25, 0.3) is 0 Å². The van der Waals surface area contributed by atoms with Crippen LogP contribution in [0.25, 0.3) is 0 Å². The van der Waals surface area contributed by atoms with Gasteiger partial charge in [-0.15, -0.1) is 0 Å². The van der Waals surface area contributed by atoms with Crippen LogP contribution in [-0.2, 0) is 15.0 Å². The number of rotatable bonds is 4. The van der Waals surface area contributed by atoms with Crippen LogP contribution in [0.2, 0.25) is 0 Å². The van der Waals surface area contributed by atoms with Gasteiger partial charge in [0.1, 0.15) is 42.8 Å². The average Bonchev–Trinajstić information content (AvgIpc) is 2.62. The van der Waals surface area contributed by atoms with E-state index in [-0.39, 0.29) is 11.3 Å². The Morgan fingerprint density at radius 2 is 1.93 bits per heavy atom. The van der Waals surface area contributed by atoms with E-state index >= 15 is 0 Å². The number of nitrogens with zero attached hydrogens (tertiary/aromatic N) is 1. The zero-order valence-corrected chi connectivity index (χ0v) is 15.8. The van der Waals surface area contributed by atoms with Crippen molar-refractivity contribution < 1.29 is 31.8 Å². The molecule has 6 nitrogen and oxygen atoms in total. The van der Waals surface area contributed by atoms with Gasteiger partial charge >= 0.3 is 6.09 Å². The van der Waals surface area contributed by atoms with Crippen LogP contribution in [0.4, 0.5) is 28.0 Å². The molecule has 2 rings (SSSR count). The number of alkyl carbamates (subject to hydrolysis) is 1. The first-order chi connectivity index (χ1) is 13.0. The summed E-state index contributed by atoms with van der Waals surface area (Å²) in [6.45, 7) is 0.0461. The molecule has 0 radical (unpaired) electrons. The normalized spacial score (nSPS) is 21.8. The number of amidine groups is 1. The summed E-state index contributed by atoms with van der Waals surface area (Å²) in [5.41, 5.74) is 0.380. The first-order valence-electron chi connectivity index (χ1n) is 8.48. The Labute approximate surface area is 160 Å². The number of carbonyl (C=O) groups is 1. The monoisotopic (exact) mass is 405 g/mol. The molecule has 0 aromatic heterocycles. The third-order valence-electron chi connectivity index (χ3n) is 4.11. The van der Waals surface area contributed by atoms with E-state index in [0.717, 1.165) is 12.1 Å². The summed E-state index contributed by atoms with van der Waals surface area (Å²) in [5, 5.41) is 2.12. The predicted octanol–water partition coefficient (Wildman–Crippen LogP) is 3.20. The molecule has 0 spiro atoms. The van der Waals surface area contributed by atoms with Crippen molar-refractivity contribution in [3.63, 3.8) is 0 Å². The number of nitrogen functional groups attached to an aromatic ring is 1. The summed E-state index contributed by atoms with van der Waals surface area (Å²) in [6, 6.07) is 3.45. The van der Waals surface area contributed by atoms with Gasteiger partial charge in [0.2, 0.25) is 0 Å². The lowest BCUT2D eigenvalue weighted by Gasteiger charge is -2.41. The van der Waals surface area contributed by atoms with E-state index in [1.807, 2.05) is 0 Å². The minimum atomic E-state index is -2.26. The quantitative estimate of drug-likeness (QED) is 0.595. The molecule has 0 fully saturated rings. The summed E-state index contributed by atoms with van der Waals surface area (Å²) in [5.74, 6) is -1.46. The van der Waals surface area contributed by atoms with Crippen LogP contribution in [0.5, 0.6) is 0 Å². The number of carbonyl (C=O) groups excluding carboxylic acids is 1. The summed E-state index contributed by atoms with van der Waals surface area (Å²) >= 11 is 0. The molecule has 3 N–H and O–H groups in total. The Morgan fingerprint density at radius 3 is 2.46 bits per heavy atom. The highest BCUT2D eigenvalue weighted by molar-refractivity contribution is 6.01. The van der Waals surface area contributed by atoms with Gasteiger partial charge in [0, 0.05) is 11.3 Å². The van der Waals surface area contributed by atoms with Crippen molar-refractivity contribution in [2.45, 2.75) is 37.5 Å². The van der Waals surface area contributed by atoms with Crippen molar-refractivity contribution >= 4 is 17.6 Å². The maximum atomic E-state index is 14.3. The summed E-state index contributed by atoms with van der Waals surface area (Å²) < 4.78 is 66.0. The molecule has 1 aliphatic rings. The second kappa shape index (κ2) is 7.94. The molecular formula is C18H23F4N3O3. The maximum absolute atomic E-state index is 14.3. The number of benzene rings is 1. The van der Waals surface area contributed by atoms with Crippen molar-refractivity contribution in [3.8, 4) is 0 Å². The van der Waals surface area contributed by atoms with Crippen molar-refractivity contribution in [1.29, 1.82) is 0 Å². The van der Waals surface area contributed by atoms with Gasteiger partial charge < -0.3 is 15.2 Å². The number of nitrogens with two attached hydrogens (primary N) is 1. The zero-order valence-electron chi connectivity index (χ0n) is 15.8. The molecule has 1 amide bonds. The average molecular weight is 405 g/mol. The van der Waals surface area contributed by atoms with Crippen LogP contribution in [0.3, 0.4) is 0 Å². The maximum Gasteiger partial charge on any atom is 0.413 e. The highest BCUT2D eigenvalue weighted by atomic mass is 19.1. The lowest BCUT2D eigenvalue weighted by atomic mass is 9.88. The van der Waals surface area contributed by atoms with Crippen LogP contribution in [0.1, 0.15) is 26.3 Å². The number of alkyl halides is 3. The zero-order chi connectivity index (χ0) is 21.2. The standard InChI is InChI=1S/C18H23F4N3O3/c1-16(2,3)28-15(26)24-14-18(8-20,9-21)27-10-17(7-19,25-14)12-6-11(23)4-5-13(12)22/h4-6H,7-10,23H2,1-3H3,(H,24,25,26)/t17-/m0/s1. The molecule has 1 heterocycles. The molecule has 0 aliphatic carbocycles. The molecule has 1 atom stereocenters. The SMILES string of the molecule is CC(C)(C)OC(=O)NC1=N[C@](CF)(c2cc(N)ccc2F)COC1(CF)CF. The van der Waals surface area contributed by atoms with E-state index in [2.05, 4.69) is 10.3 Å². The Bertz CT molecular complexity index is 763. The summed E-state index contributed by atoms with van der Waals surface area (Å²) in [4.78, 5) is 16.1. The van der Waals surface area contributed by atoms with Crippen LogP contribution >= 0.6 is 0 Å². The predicted molar refractivity (Wildman–Crippen MR) is 95.9 cm³/mol. The molecule has 0 saturated carbocycles. The molecule has 28 heavy (non-hydrogen) atoms. The molecule has 1 aromatic carbocycles. The van der Waals surface area contributed by atoms with E-state index in [9.17, 15) is 22.4 Å². The molecular weight excluding hydrogens is 382 g/mol. The van der Waals surface area contributed by atoms with E-state index in [0.29, 0.717) is 0 Å². The van der Waals surface area contributed by atoms with Crippen molar-refractivity contribution in [1.82, 2.24) is 5.32 Å². The van der Waals surface area contributed by atoms with E-state index in [1.165, 1.54) is 6.07 Å². The van der Waals surface area contributed by atoms with Gasteiger partial charge in [-0.05, 0) is 39.0 Å². The minimum absolute atomic E-state index is 0.133. The molecule has 0 bridgehead atoms. The van der Waals surface area contributed by atoms with Crippen molar-refractivity contribution in [2.75, 3.05) is 32.4 Å². The van der Waals surface area contributed by atoms with Crippen LogP contribution in [0.15, 0.2) is 23.2 Å². The largest absolute Gasteiger partial charge is 0.444 e. The fourth-order valence-corrected chi connectivity index (χ4v) is 2.63. The fourth-order valence-electron chi connectivity index (χ4n) is 2.63. The Hall–Kier alpha value is -2.36. The topological polar surface area (TPSA) is 85.9 Å². The number of amides is 1. The molecule has 1 aromatic rings. The van der Waals surface area contributed by atoms with Gasteiger partial charge in [-0.3, -0.25) is 10.3 Å². The Morgan fingerprint density at radius 1 is 1.29 bits per heavy atom. The van der Waals surface area contributed by atoms with Gasteiger partial charge in [0.05, 0.1) is 6.61 Å². The third-order valence-corrected chi connectivity index (χ3v) is 4.11. The first-order valence-corrected chi connectivity index (χ1v) is 8.48. The van der Waals surface area contributed by atoms with Crippen molar-refractivity contribution in [2.24, 2.45) is 4.99 Å². The number of ether oxygens (including phenoxy) is 2. The molecule has 156 valence electrons. The minimum Gasteiger partial charge on any atom is -0.444 e. The van der Waals surface area contributed by atoms with Crippen LogP contribution < -0.4 is 11.1 Å². The smallest absolute Gasteiger partial charge is 0.413 e. The fraction of sp³-hybridized carbons (Fsp3) is 0.556. The lowest BCUT2D eigenvalue weighted by molar-refractivity contribution is -0.0661. The second-order valence-electron chi connectivity index (χ2n) is 7.54. The lowest BCUT2D eigenvalue weighted by Crippen LogP contribution is -2.60. The molecule has 0 saturated heterocycles. The third kappa shape index (κ3) is 4.37.